The van der Waals surface area contributed by atoms with Crippen LogP contribution in [0.25, 0.3) is 10.2 Å². The number of carbonyl (C=O) groups is 2. The van der Waals surface area contributed by atoms with E-state index in [1.54, 1.807) is 50.2 Å². The number of nitro benzene ring substituents is 1. The zero-order valence-corrected chi connectivity index (χ0v) is 22.9. The van der Waals surface area contributed by atoms with E-state index in [2.05, 4.69) is 5.32 Å². The number of anilines is 2. The van der Waals surface area contributed by atoms with Gasteiger partial charge in [-0.1, -0.05) is 23.7 Å². The molecule has 1 aliphatic carbocycles. The number of hydrogen-bond donors (Lipinski definition) is 3. The number of thiophene rings is 1. The van der Waals surface area contributed by atoms with Crippen LogP contribution in [0.3, 0.4) is 0 Å². The van der Waals surface area contributed by atoms with Gasteiger partial charge in [-0.15, -0.1) is 11.3 Å². The number of halogens is 1. The standard InChI is InChI=1S/C28H25ClN4O5S/c1-13-20-19(12-28(3,36)23(14(2)34)21(20)15-5-4-6-18(11-15)33(37)38)22-24(30)25(39-27(22)31-13)26(35)32-17-9-7-16(29)8-10-17/h4-11,21,23,36H,12,30H2,1-3H3,(H,32,35). The summed E-state index contributed by atoms with van der Waals surface area (Å²) in [4.78, 5) is 42.8. The van der Waals surface area contributed by atoms with E-state index in [1.165, 1.54) is 19.1 Å². The number of nitro groups is 1. The molecule has 200 valence electrons. The smallest absolute Gasteiger partial charge is 0.269 e. The van der Waals surface area contributed by atoms with Crippen LogP contribution in [0.4, 0.5) is 17.1 Å². The lowest BCUT2D eigenvalue weighted by molar-refractivity contribution is -0.384. The molecule has 11 heteroatoms. The monoisotopic (exact) mass is 564 g/mol. The van der Waals surface area contributed by atoms with Crippen molar-refractivity contribution in [1.29, 1.82) is 0 Å². The first-order valence-corrected chi connectivity index (χ1v) is 13.3. The third kappa shape index (κ3) is 4.64. The van der Waals surface area contributed by atoms with Crippen molar-refractivity contribution in [2.45, 2.75) is 38.7 Å². The van der Waals surface area contributed by atoms with Crippen molar-refractivity contribution >= 4 is 61.9 Å². The van der Waals surface area contributed by atoms with Crippen LogP contribution >= 0.6 is 22.9 Å². The zero-order valence-electron chi connectivity index (χ0n) is 21.3. The number of hydrogen-bond acceptors (Lipinski definition) is 8. The lowest BCUT2D eigenvalue weighted by atomic mass is 9.62. The number of carbonyl (C=O) groups excluding carboxylic acids is 2. The minimum Gasteiger partial charge on any atom is -0.397 e. The molecule has 5 rings (SSSR count). The van der Waals surface area contributed by atoms with Crippen LogP contribution < -0.4 is 11.1 Å². The average molecular weight is 565 g/mol. The molecule has 4 aromatic rings. The molecule has 4 N–H and O–H groups in total. The van der Waals surface area contributed by atoms with E-state index in [0.717, 1.165) is 11.3 Å². The molecule has 0 saturated heterocycles. The molecular formula is C28H25ClN4O5S. The number of nitrogens with zero attached hydrogens (tertiary/aromatic N) is 2. The van der Waals surface area contributed by atoms with Crippen molar-refractivity contribution in [1.82, 2.24) is 4.98 Å². The molecule has 9 nitrogen and oxygen atoms in total. The first kappa shape index (κ1) is 26.7. The molecule has 2 heterocycles. The first-order valence-electron chi connectivity index (χ1n) is 12.1. The van der Waals surface area contributed by atoms with Crippen molar-refractivity contribution in [3.8, 4) is 0 Å². The van der Waals surface area contributed by atoms with Gasteiger partial charge in [-0.3, -0.25) is 19.7 Å². The van der Waals surface area contributed by atoms with Crippen LogP contribution in [0.15, 0.2) is 48.5 Å². The molecule has 0 saturated carbocycles. The summed E-state index contributed by atoms with van der Waals surface area (Å²) in [6, 6.07) is 12.8. The fourth-order valence-electron chi connectivity index (χ4n) is 5.71. The Morgan fingerprint density at radius 3 is 2.59 bits per heavy atom. The van der Waals surface area contributed by atoms with Gasteiger partial charge in [0.25, 0.3) is 11.6 Å². The van der Waals surface area contributed by atoms with E-state index in [4.69, 9.17) is 22.3 Å². The molecular weight excluding hydrogens is 540 g/mol. The van der Waals surface area contributed by atoms with Crippen molar-refractivity contribution in [2.75, 3.05) is 11.1 Å². The van der Waals surface area contributed by atoms with E-state index >= 15 is 0 Å². The number of aryl methyl sites for hydroxylation is 1. The van der Waals surface area contributed by atoms with Gasteiger partial charge in [0.1, 0.15) is 15.5 Å². The fraction of sp³-hybridized carbons (Fsp3) is 0.250. The molecule has 39 heavy (non-hydrogen) atoms. The Morgan fingerprint density at radius 1 is 1.26 bits per heavy atom. The first-order chi connectivity index (χ1) is 18.4. The normalized spacial score (nSPS) is 20.4. The highest BCUT2D eigenvalue weighted by molar-refractivity contribution is 7.21. The zero-order chi connectivity index (χ0) is 28.2. The number of benzene rings is 2. The molecule has 3 atom stereocenters. The Kier molecular flexibility index (Phi) is 6.66. The second-order valence-corrected chi connectivity index (χ2v) is 11.5. The van der Waals surface area contributed by atoms with Crippen molar-refractivity contribution in [3.05, 3.63) is 90.9 Å². The SMILES string of the molecule is CC(=O)C1C(c2cccc([N+](=O)[O-])c2)c2c(C)nc3sc(C(=O)Nc4ccc(Cl)cc4)c(N)c3c2CC1(C)O. The number of nitrogens with one attached hydrogen (secondary N) is 1. The number of nitrogen functional groups attached to an aromatic ring is 1. The highest BCUT2D eigenvalue weighted by atomic mass is 35.5. The third-order valence-electron chi connectivity index (χ3n) is 7.25. The molecule has 0 radical (unpaired) electrons. The fourth-order valence-corrected chi connectivity index (χ4v) is 6.90. The van der Waals surface area contributed by atoms with Crippen molar-refractivity contribution in [3.63, 3.8) is 0 Å². The van der Waals surface area contributed by atoms with Gasteiger partial charge in [0.15, 0.2) is 0 Å². The Balaban J connectivity index is 1.71. The van der Waals surface area contributed by atoms with Crippen LogP contribution in [0, 0.1) is 23.0 Å². The van der Waals surface area contributed by atoms with Gasteiger partial charge in [0.05, 0.1) is 22.1 Å². The molecule has 0 aliphatic heterocycles. The number of rotatable bonds is 5. The van der Waals surface area contributed by atoms with Crippen LogP contribution in [0.2, 0.25) is 5.02 Å². The maximum absolute atomic E-state index is 13.2. The quantitative estimate of drug-likeness (QED) is 0.209. The van der Waals surface area contributed by atoms with Crippen LogP contribution in [0.5, 0.6) is 0 Å². The molecule has 0 fully saturated rings. The average Bonchev–Trinajstić information content (AvgIpc) is 3.20. The number of pyridine rings is 1. The number of aromatic nitrogens is 1. The number of ketones is 1. The van der Waals surface area contributed by atoms with E-state index in [9.17, 15) is 24.8 Å². The summed E-state index contributed by atoms with van der Waals surface area (Å²) in [5.41, 5.74) is 8.21. The third-order valence-corrected chi connectivity index (χ3v) is 8.60. The van der Waals surface area contributed by atoms with Gasteiger partial charge in [-0.05, 0) is 61.7 Å². The highest BCUT2D eigenvalue weighted by Crippen LogP contribution is 2.51. The van der Waals surface area contributed by atoms with Crippen LogP contribution in [-0.2, 0) is 11.2 Å². The second kappa shape index (κ2) is 9.71. The Morgan fingerprint density at radius 2 is 1.95 bits per heavy atom. The lowest BCUT2D eigenvalue weighted by Crippen LogP contribution is -2.48. The summed E-state index contributed by atoms with van der Waals surface area (Å²) < 4.78 is 0. The van der Waals surface area contributed by atoms with Gasteiger partial charge < -0.3 is 16.2 Å². The lowest BCUT2D eigenvalue weighted by Gasteiger charge is -2.43. The number of non-ortho nitro benzene ring substituents is 1. The maximum atomic E-state index is 13.2. The van der Waals surface area contributed by atoms with Gasteiger partial charge in [-0.25, -0.2) is 4.98 Å². The summed E-state index contributed by atoms with van der Waals surface area (Å²) >= 11 is 7.09. The number of amides is 1. The predicted octanol–water partition coefficient (Wildman–Crippen LogP) is 5.65. The van der Waals surface area contributed by atoms with Gasteiger partial charge in [0, 0.05) is 46.3 Å². The Hall–Kier alpha value is -3.86. The Labute approximate surface area is 232 Å². The van der Waals surface area contributed by atoms with E-state index in [-0.39, 0.29) is 28.5 Å². The van der Waals surface area contributed by atoms with E-state index < -0.39 is 28.3 Å². The molecule has 1 amide bonds. The summed E-state index contributed by atoms with van der Waals surface area (Å²) in [5.74, 6) is -2.24. The van der Waals surface area contributed by atoms with E-state index in [0.29, 0.717) is 43.3 Å². The molecule has 2 aromatic heterocycles. The largest absolute Gasteiger partial charge is 0.397 e. The van der Waals surface area contributed by atoms with Gasteiger partial charge in [0.2, 0.25) is 0 Å². The summed E-state index contributed by atoms with van der Waals surface area (Å²) in [7, 11) is 0. The highest BCUT2D eigenvalue weighted by Gasteiger charge is 2.49. The number of aliphatic hydroxyl groups is 1. The number of nitrogens with two attached hydrogens (primary N) is 1. The molecule has 3 unspecified atom stereocenters. The van der Waals surface area contributed by atoms with Crippen LogP contribution in [0.1, 0.15) is 51.8 Å². The topological polar surface area (TPSA) is 148 Å². The molecule has 0 bridgehead atoms. The van der Waals surface area contributed by atoms with Gasteiger partial charge >= 0.3 is 0 Å². The number of Topliss-reactive ketones (excluding diaryl/α,β-unsaturated/α-hetero) is 1. The minimum absolute atomic E-state index is 0.0943. The molecule has 2 aromatic carbocycles. The van der Waals surface area contributed by atoms with Crippen molar-refractivity contribution in [2.24, 2.45) is 5.92 Å². The molecule has 0 spiro atoms. The van der Waals surface area contributed by atoms with Gasteiger partial charge in [-0.2, -0.15) is 0 Å². The maximum Gasteiger partial charge on any atom is 0.269 e. The summed E-state index contributed by atoms with van der Waals surface area (Å²) in [6.07, 6.45) is 0.0943. The van der Waals surface area contributed by atoms with Crippen LogP contribution in [-0.4, -0.2) is 32.3 Å². The van der Waals surface area contributed by atoms with E-state index in [1.807, 2.05) is 0 Å². The predicted molar refractivity (Wildman–Crippen MR) is 152 cm³/mol. The second-order valence-electron chi connectivity index (χ2n) is 10.0. The number of fused-ring (bicyclic) bond motifs is 3. The van der Waals surface area contributed by atoms with Crippen molar-refractivity contribution < 1.29 is 19.6 Å². The summed E-state index contributed by atoms with van der Waals surface area (Å²) in [5, 5.41) is 27.1. The molecule has 1 aliphatic rings. The Bertz CT molecular complexity index is 1660. The summed E-state index contributed by atoms with van der Waals surface area (Å²) in [6.45, 7) is 4.79. The minimum atomic E-state index is -1.49.